The standard InChI is InChI=1S/C34H34INO6S/c1-40-18-23-16-25-31(34(39)36(33(25)38)17-24-9-6-12-43-24)26-19-42-28(30(23)26)11-10-22(21-7-4-3-5-8-21)13-20-14-27(35)32(37)29(15-20)41-2/h3-9,12-15,25-26,28,31,37H,10-11,16-19H2,1-2H3/b22-13-/t25-,26+,28-,31-/m1/s1. The summed E-state index contributed by atoms with van der Waals surface area (Å²) in [6.45, 7) is 1.19. The number of phenolic OH excluding ortho intramolecular Hbond substituents is 1. The van der Waals surface area contributed by atoms with E-state index < -0.39 is 0 Å². The Kier molecular flexibility index (Phi) is 9.04. The monoisotopic (exact) mass is 711 g/mol. The number of hydrogen-bond acceptors (Lipinski definition) is 7. The van der Waals surface area contributed by atoms with Crippen LogP contribution >= 0.6 is 33.9 Å². The van der Waals surface area contributed by atoms with Crippen LogP contribution < -0.4 is 4.74 Å². The number of amides is 2. The van der Waals surface area contributed by atoms with E-state index >= 15 is 0 Å². The first-order valence-electron chi connectivity index (χ1n) is 14.4. The van der Waals surface area contributed by atoms with Gasteiger partial charge in [-0.2, -0.15) is 0 Å². The molecule has 43 heavy (non-hydrogen) atoms. The Bertz CT molecular complexity index is 1570. The van der Waals surface area contributed by atoms with Crippen molar-refractivity contribution in [3.05, 3.63) is 90.7 Å². The number of benzene rings is 2. The van der Waals surface area contributed by atoms with Crippen LogP contribution in [0.5, 0.6) is 11.5 Å². The van der Waals surface area contributed by atoms with Crippen LogP contribution in [0.2, 0.25) is 0 Å². The van der Waals surface area contributed by atoms with Crippen molar-refractivity contribution < 1.29 is 28.9 Å². The minimum absolute atomic E-state index is 0.0761. The summed E-state index contributed by atoms with van der Waals surface area (Å²) in [5.41, 5.74) is 5.42. The number of hydrogen-bond donors (Lipinski definition) is 1. The maximum absolute atomic E-state index is 13.7. The lowest BCUT2D eigenvalue weighted by Crippen LogP contribution is -2.35. The largest absolute Gasteiger partial charge is 0.504 e. The molecule has 3 aromatic rings. The van der Waals surface area contributed by atoms with Crippen molar-refractivity contribution in [2.45, 2.75) is 31.9 Å². The lowest BCUT2D eigenvalue weighted by Gasteiger charge is -2.31. The summed E-state index contributed by atoms with van der Waals surface area (Å²) in [5.74, 6) is -0.452. The zero-order valence-electron chi connectivity index (χ0n) is 24.1. The molecule has 2 saturated heterocycles. The highest BCUT2D eigenvalue weighted by Gasteiger charge is 2.56. The molecule has 0 radical (unpaired) electrons. The number of aromatic hydroxyl groups is 1. The third-order valence-corrected chi connectivity index (χ3v) is 10.4. The molecule has 3 aliphatic rings. The van der Waals surface area contributed by atoms with Crippen molar-refractivity contribution in [2.24, 2.45) is 17.8 Å². The van der Waals surface area contributed by atoms with Crippen LogP contribution in [0, 0.1) is 21.3 Å². The van der Waals surface area contributed by atoms with E-state index in [0.717, 1.165) is 45.6 Å². The smallest absolute Gasteiger partial charge is 0.234 e. The lowest BCUT2D eigenvalue weighted by molar-refractivity contribution is -0.140. The molecule has 2 amide bonds. The molecule has 6 rings (SSSR count). The van der Waals surface area contributed by atoms with Gasteiger partial charge in [0.1, 0.15) is 0 Å². The fourth-order valence-corrected chi connectivity index (χ4v) is 8.15. The van der Waals surface area contributed by atoms with Crippen molar-refractivity contribution in [3.8, 4) is 11.5 Å². The second-order valence-electron chi connectivity index (χ2n) is 11.2. The maximum atomic E-state index is 13.7. The first-order valence-corrected chi connectivity index (χ1v) is 16.4. The van der Waals surface area contributed by atoms with Gasteiger partial charge in [-0.25, -0.2) is 0 Å². The normalized spacial score (nSPS) is 23.6. The summed E-state index contributed by atoms with van der Waals surface area (Å²) in [4.78, 5) is 29.7. The van der Waals surface area contributed by atoms with E-state index in [-0.39, 0.29) is 41.4 Å². The molecule has 2 fully saturated rings. The Morgan fingerprint density at radius 3 is 2.65 bits per heavy atom. The van der Waals surface area contributed by atoms with E-state index in [9.17, 15) is 14.7 Å². The maximum Gasteiger partial charge on any atom is 0.234 e. The number of likely N-dealkylation sites (tertiary alicyclic amines) is 1. The molecule has 1 aliphatic carbocycles. The van der Waals surface area contributed by atoms with Gasteiger partial charge in [0.25, 0.3) is 0 Å². The number of methoxy groups -OCH3 is 2. The summed E-state index contributed by atoms with van der Waals surface area (Å²) >= 11 is 3.67. The summed E-state index contributed by atoms with van der Waals surface area (Å²) in [7, 11) is 3.22. The van der Waals surface area contributed by atoms with Gasteiger partial charge in [0.15, 0.2) is 11.5 Å². The van der Waals surface area contributed by atoms with E-state index in [1.165, 1.54) is 4.90 Å². The summed E-state index contributed by atoms with van der Waals surface area (Å²) in [6, 6.07) is 17.9. The van der Waals surface area contributed by atoms with Gasteiger partial charge in [0, 0.05) is 17.9 Å². The highest BCUT2D eigenvalue weighted by atomic mass is 127. The van der Waals surface area contributed by atoms with Crippen molar-refractivity contribution in [1.82, 2.24) is 4.90 Å². The van der Waals surface area contributed by atoms with Gasteiger partial charge in [-0.3, -0.25) is 14.5 Å². The molecule has 1 aromatic heterocycles. The van der Waals surface area contributed by atoms with E-state index in [2.05, 4.69) is 40.8 Å². The number of phenols is 1. The van der Waals surface area contributed by atoms with Gasteiger partial charge in [-0.1, -0.05) is 42.5 Å². The SMILES string of the molecule is COCC1=C2[C@@H](CC/C(=C/c3cc(I)c(O)c(OC)c3)c3ccccc3)OC[C@@H]2[C@@H]2C(=O)N(Cc3cccs3)C(=O)[C@@H]2C1. The fraction of sp³-hybridized carbons (Fsp3) is 0.353. The molecule has 0 unspecified atom stereocenters. The second kappa shape index (κ2) is 12.9. The number of nitrogens with zero attached hydrogens (tertiary/aromatic N) is 1. The van der Waals surface area contributed by atoms with Crippen LogP contribution in [0.1, 0.15) is 35.3 Å². The highest BCUT2D eigenvalue weighted by Crippen LogP contribution is 2.50. The Morgan fingerprint density at radius 2 is 1.93 bits per heavy atom. The molecule has 0 bridgehead atoms. The minimum atomic E-state index is -0.385. The fourth-order valence-electron chi connectivity index (χ4n) is 6.83. The average molecular weight is 712 g/mol. The first-order chi connectivity index (χ1) is 20.9. The van der Waals surface area contributed by atoms with E-state index in [1.54, 1.807) is 25.6 Å². The first kappa shape index (κ1) is 30.1. The Hall–Kier alpha value is -2.99. The summed E-state index contributed by atoms with van der Waals surface area (Å²) < 4.78 is 18.2. The van der Waals surface area contributed by atoms with Crippen molar-refractivity contribution in [1.29, 1.82) is 0 Å². The van der Waals surface area contributed by atoms with E-state index in [0.29, 0.717) is 35.5 Å². The molecule has 2 aliphatic heterocycles. The van der Waals surface area contributed by atoms with Crippen LogP contribution in [-0.2, 0) is 25.6 Å². The van der Waals surface area contributed by atoms with Gasteiger partial charge < -0.3 is 19.3 Å². The Morgan fingerprint density at radius 1 is 1.12 bits per heavy atom. The third-order valence-electron chi connectivity index (χ3n) is 8.74. The van der Waals surface area contributed by atoms with Gasteiger partial charge in [0.2, 0.25) is 11.8 Å². The number of thiophene rings is 1. The number of halogens is 1. The quantitative estimate of drug-likeness (QED) is 0.111. The number of allylic oxidation sites excluding steroid dienone is 1. The molecule has 9 heteroatoms. The molecule has 0 spiro atoms. The van der Waals surface area contributed by atoms with Crippen LogP contribution in [0.15, 0.2) is 71.1 Å². The number of fused-ring (bicyclic) bond motifs is 3. The lowest BCUT2D eigenvalue weighted by atomic mass is 9.69. The van der Waals surface area contributed by atoms with E-state index in [1.807, 2.05) is 47.8 Å². The second-order valence-corrected chi connectivity index (χ2v) is 13.4. The van der Waals surface area contributed by atoms with Gasteiger partial charge in [-0.05, 0) is 93.3 Å². The highest BCUT2D eigenvalue weighted by molar-refractivity contribution is 14.1. The number of ether oxygens (including phenoxy) is 3. The molecule has 7 nitrogen and oxygen atoms in total. The number of rotatable bonds is 10. The molecule has 2 aromatic carbocycles. The van der Waals surface area contributed by atoms with Crippen LogP contribution in [0.4, 0.5) is 0 Å². The predicted octanol–water partition coefficient (Wildman–Crippen LogP) is 6.55. The van der Waals surface area contributed by atoms with Crippen molar-refractivity contribution in [2.75, 3.05) is 27.4 Å². The van der Waals surface area contributed by atoms with Crippen molar-refractivity contribution >= 4 is 57.4 Å². The Balaban J connectivity index is 1.27. The number of imide groups is 1. The van der Waals surface area contributed by atoms with Crippen LogP contribution in [0.3, 0.4) is 0 Å². The predicted molar refractivity (Wildman–Crippen MR) is 175 cm³/mol. The molecule has 1 N–H and O–H groups in total. The van der Waals surface area contributed by atoms with Crippen molar-refractivity contribution in [3.63, 3.8) is 0 Å². The molecular formula is C34H34INO6S. The average Bonchev–Trinajstić information content (AvgIpc) is 3.74. The zero-order chi connectivity index (χ0) is 30.1. The van der Waals surface area contributed by atoms with Crippen LogP contribution in [0.25, 0.3) is 11.6 Å². The van der Waals surface area contributed by atoms with Gasteiger partial charge in [-0.15, -0.1) is 11.3 Å². The molecule has 224 valence electrons. The molecule has 0 saturated carbocycles. The molecule has 4 atom stereocenters. The van der Waals surface area contributed by atoms with Crippen LogP contribution in [-0.4, -0.2) is 55.4 Å². The third kappa shape index (κ3) is 5.92. The number of carbonyl (C=O) groups excluding carboxylic acids is 2. The van der Waals surface area contributed by atoms with E-state index in [4.69, 9.17) is 14.2 Å². The topological polar surface area (TPSA) is 85.3 Å². The minimum Gasteiger partial charge on any atom is -0.504 e. The molecular weight excluding hydrogens is 677 g/mol. The Labute approximate surface area is 269 Å². The summed E-state index contributed by atoms with van der Waals surface area (Å²) in [5, 5.41) is 12.3. The van der Waals surface area contributed by atoms with Gasteiger partial charge >= 0.3 is 0 Å². The molecule has 3 heterocycles. The van der Waals surface area contributed by atoms with Gasteiger partial charge in [0.05, 0.1) is 48.4 Å². The summed E-state index contributed by atoms with van der Waals surface area (Å²) in [6.07, 6.45) is 3.96. The zero-order valence-corrected chi connectivity index (χ0v) is 27.1. The number of carbonyl (C=O) groups is 2.